The minimum atomic E-state index is -6.59. The molecule has 9 heteroatoms. The van der Waals surface area contributed by atoms with Gasteiger partial charge in [0.25, 0.3) is 0 Å². The zero-order chi connectivity index (χ0) is 12.5. The van der Waals surface area contributed by atoms with E-state index in [1.54, 1.807) is 0 Å². The summed E-state index contributed by atoms with van der Waals surface area (Å²) >= 11 is 0. The molecule has 1 N–H and O–H groups in total. The fourth-order valence-corrected chi connectivity index (χ4v) is 0.536. The third-order valence-corrected chi connectivity index (χ3v) is 1.32. The number of hydrogen-bond donors (Lipinski definition) is 1. The number of aliphatic hydroxyl groups is 1. The molecule has 0 aliphatic rings. The molecule has 0 saturated heterocycles. The van der Waals surface area contributed by atoms with E-state index in [-0.39, 0.29) is 0 Å². The highest BCUT2D eigenvalue weighted by molar-refractivity contribution is 5.12. The summed E-state index contributed by atoms with van der Waals surface area (Å²) in [6.45, 7) is -1.42. The summed E-state index contributed by atoms with van der Waals surface area (Å²) in [5.74, 6) is -15.6. The summed E-state index contributed by atoms with van der Waals surface area (Å²) in [5, 5.41) is 7.89. The Morgan fingerprint density at radius 2 is 1.40 bits per heavy atom. The first-order valence-corrected chi connectivity index (χ1v) is 3.28. The van der Waals surface area contributed by atoms with Gasteiger partial charge in [0.1, 0.15) is 0 Å². The Hall–Kier alpha value is -0.860. The molecule has 0 aliphatic carbocycles. The van der Waals surface area contributed by atoms with Crippen LogP contribution >= 0.6 is 0 Å². The molecule has 0 heterocycles. The summed E-state index contributed by atoms with van der Waals surface area (Å²) in [7, 11) is 0. The van der Waals surface area contributed by atoms with Gasteiger partial charge in [0, 0.05) is 0 Å². The van der Waals surface area contributed by atoms with E-state index < -0.39 is 36.5 Å². The molecule has 0 rings (SSSR count). The number of hydrogen-bond acceptors (Lipinski definition) is 1. The number of rotatable bonds is 3. The molecule has 0 aromatic rings. The average molecular weight is 244 g/mol. The first-order chi connectivity index (χ1) is 6.48. The molecular formula is C6H4F8O. The van der Waals surface area contributed by atoms with Gasteiger partial charge in [-0.25, -0.2) is 4.39 Å². The van der Waals surface area contributed by atoms with Crippen LogP contribution in [-0.2, 0) is 0 Å². The minimum absolute atomic E-state index is 0.473. The highest BCUT2D eigenvalue weighted by Crippen LogP contribution is 2.49. The number of aliphatic hydroxyl groups excluding tert-OH is 1. The van der Waals surface area contributed by atoms with Crippen LogP contribution < -0.4 is 0 Å². The number of alkyl halides is 7. The molecule has 0 atom stereocenters. The second-order valence-electron chi connectivity index (χ2n) is 2.38. The van der Waals surface area contributed by atoms with E-state index in [2.05, 4.69) is 0 Å². The van der Waals surface area contributed by atoms with Crippen molar-refractivity contribution in [2.45, 2.75) is 18.0 Å². The van der Waals surface area contributed by atoms with Crippen LogP contribution in [-0.4, -0.2) is 29.7 Å². The lowest BCUT2D eigenvalue weighted by Gasteiger charge is -2.26. The van der Waals surface area contributed by atoms with E-state index in [0.29, 0.717) is 0 Å². The number of halogens is 8. The van der Waals surface area contributed by atoms with E-state index in [1.807, 2.05) is 0 Å². The van der Waals surface area contributed by atoms with Crippen LogP contribution in [0.5, 0.6) is 0 Å². The molecule has 0 aromatic carbocycles. The van der Waals surface area contributed by atoms with Crippen molar-refractivity contribution in [1.29, 1.82) is 0 Å². The first-order valence-electron chi connectivity index (χ1n) is 3.28. The minimum Gasteiger partial charge on any atom is -0.392 e. The largest absolute Gasteiger partial charge is 0.460 e. The van der Waals surface area contributed by atoms with Crippen LogP contribution in [0.1, 0.15) is 0 Å². The Kier molecular flexibility index (Phi) is 3.72. The van der Waals surface area contributed by atoms with E-state index in [9.17, 15) is 35.1 Å². The molecule has 0 unspecified atom stereocenters. The lowest BCUT2D eigenvalue weighted by Crippen LogP contribution is -2.52. The van der Waals surface area contributed by atoms with Gasteiger partial charge in [-0.3, -0.25) is 0 Å². The SMILES string of the molecule is OCC=C(F)C(F)(F)C(F)(F)C(F)(F)F. The molecule has 0 aliphatic heterocycles. The van der Waals surface area contributed by atoms with Gasteiger partial charge in [0.05, 0.1) is 6.61 Å². The van der Waals surface area contributed by atoms with Crippen molar-refractivity contribution in [1.82, 2.24) is 0 Å². The van der Waals surface area contributed by atoms with Crippen molar-refractivity contribution in [3.63, 3.8) is 0 Å². The Morgan fingerprint density at radius 1 is 1.00 bits per heavy atom. The van der Waals surface area contributed by atoms with Crippen molar-refractivity contribution in [3.05, 3.63) is 11.9 Å². The van der Waals surface area contributed by atoms with Gasteiger partial charge in [-0.15, -0.1) is 0 Å². The second-order valence-corrected chi connectivity index (χ2v) is 2.38. The van der Waals surface area contributed by atoms with Gasteiger partial charge in [-0.05, 0) is 6.08 Å². The van der Waals surface area contributed by atoms with Gasteiger partial charge >= 0.3 is 18.0 Å². The van der Waals surface area contributed by atoms with Crippen molar-refractivity contribution in [3.8, 4) is 0 Å². The van der Waals surface area contributed by atoms with Crippen LogP contribution in [0.15, 0.2) is 11.9 Å². The summed E-state index contributed by atoms with van der Waals surface area (Å²) in [5.41, 5.74) is 0. The quantitative estimate of drug-likeness (QED) is 0.756. The van der Waals surface area contributed by atoms with Gasteiger partial charge in [-0.1, -0.05) is 0 Å². The van der Waals surface area contributed by atoms with Gasteiger partial charge in [0.15, 0.2) is 5.83 Å². The maximum atomic E-state index is 12.3. The van der Waals surface area contributed by atoms with E-state index >= 15 is 0 Å². The molecular weight excluding hydrogens is 240 g/mol. The summed E-state index contributed by atoms with van der Waals surface area (Å²) in [6, 6.07) is 0. The maximum Gasteiger partial charge on any atom is 0.460 e. The Bertz CT molecular complexity index is 252. The zero-order valence-electron chi connectivity index (χ0n) is 6.76. The smallest absolute Gasteiger partial charge is 0.392 e. The van der Waals surface area contributed by atoms with Gasteiger partial charge in [-0.2, -0.15) is 30.7 Å². The number of allylic oxidation sites excluding steroid dienone is 1. The van der Waals surface area contributed by atoms with Crippen molar-refractivity contribution >= 4 is 0 Å². The molecule has 0 spiro atoms. The molecule has 15 heavy (non-hydrogen) atoms. The third kappa shape index (κ3) is 2.39. The van der Waals surface area contributed by atoms with E-state index in [0.717, 1.165) is 0 Å². The van der Waals surface area contributed by atoms with E-state index in [1.165, 1.54) is 0 Å². The van der Waals surface area contributed by atoms with Crippen molar-refractivity contribution in [2.75, 3.05) is 6.61 Å². The third-order valence-electron chi connectivity index (χ3n) is 1.32. The van der Waals surface area contributed by atoms with Gasteiger partial charge < -0.3 is 5.11 Å². The Labute approximate surface area is 78.0 Å². The predicted octanol–water partition coefficient (Wildman–Crippen LogP) is 2.67. The normalized spacial score (nSPS) is 15.7. The molecule has 0 saturated carbocycles. The lowest BCUT2D eigenvalue weighted by atomic mass is 10.1. The maximum absolute atomic E-state index is 12.3. The topological polar surface area (TPSA) is 20.2 Å². The fourth-order valence-electron chi connectivity index (χ4n) is 0.536. The molecule has 0 aromatic heterocycles. The molecule has 0 bridgehead atoms. The van der Waals surface area contributed by atoms with Gasteiger partial charge in [0.2, 0.25) is 0 Å². The van der Waals surface area contributed by atoms with Crippen molar-refractivity contribution < 1.29 is 40.2 Å². The van der Waals surface area contributed by atoms with Crippen LogP contribution in [0, 0.1) is 0 Å². The molecule has 90 valence electrons. The average Bonchev–Trinajstić information content (AvgIpc) is 2.02. The van der Waals surface area contributed by atoms with Crippen LogP contribution in [0.3, 0.4) is 0 Å². The molecule has 1 nitrogen and oxygen atoms in total. The standard InChI is InChI=1S/C6H4F8O/c7-3(1-2-15)4(8,9)5(10,11)6(12,13)14/h1,15H,2H2. The zero-order valence-corrected chi connectivity index (χ0v) is 6.76. The highest BCUT2D eigenvalue weighted by atomic mass is 19.4. The second kappa shape index (κ2) is 3.95. The Balaban J connectivity index is 5.28. The van der Waals surface area contributed by atoms with Crippen LogP contribution in [0.4, 0.5) is 35.1 Å². The highest BCUT2D eigenvalue weighted by Gasteiger charge is 2.74. The first kappa shape index (κ1) is 14.1. The summed E-state index contributed by atoms with van der Waals surface area (Å²) < 4.78 is 95.1. The molecule has 0 amide bonds. The Morgan fingerprint density at radius 3 is 1.67 bits per heavy atom. The van der Waals surface area contributed by atoms with Crippen LogP contribution in [0.25, 0.3) is 0 Å². The van der Waals surface area contributed by atoms with Crippen LogP contribution in [0.2, 0.25) is 0 Å². The molecule has 0 radical (unpaired) electrons. The monoisotopic (exact) mass is 244 g/mol. The van der Waals surface area contributed by atoms with E-state index in [4.69, 9.17) is 5.11 Å². The summed E-state index contributed by atoms with van der Waals surface area (Å²) in [4.78, 5) is 0. The lowest BCUT2D eigenvalue weighted by molar-refractivity contribution is -0.347. The van der Waals surface area contributed by atoms with Crippen molar-refractivity contribution in [2.24, 2.45) is 0 Å². The predicted molar refractivity (Wildman–Crippen MR) is 32.2 cm³/mol. The fraction of sp³-hybridized carbons (Fsp3) is 0.667. The summed E-state index contributed by atoms with van der Waals surface area (Å²) in [6.07, 6.45) is -7.06. The molecule has 0 fully saturated rings.